The topological polar surface area (TPSA) is 83.8 Å². The zero-order chi connectivity index (χ0) is 34.3. The number of carboxylic acids is 1. The lowest BCUT2D eigenvalue weighted by atomic mass is 9.92. The van der Waals surface area contributed by atoms with E-state index in [0.29, 0.717) is 16.8 Å². The number of nitrogens with one attached hydrogen (secondary N) is 1. The molecule has 0 saturated heterocycles. The fourth-order valence-corrected chi connectivity index (χ4v) is 7.05. The maximum Gasteiger partial charge on any atom is 0.338 e. The molecule has 7 aromatic rings. The number of H-pyrrole nitrogens is 1. The summed E-state index contributed by atoms with van der Waals surface area (Å²) in [4.78, 5) is 27.5. The number of para-hydroxylation sites is 1. The third-order valence-corrected chi connectivity index (χ3v) is 9.21. The molecule has 0 aliphatic carbocycles. The van der Waals surface area contributed by atoms with E-state index in [9.17, 15) is 9.90 Å². The van der Waals surface area contributed by atoms with Gasteiger partial charge in [-0.3, -0.25) is 0 Å². The summed E-state index contributed by atoms with van der Waals surface area (Å²) in [5.41, 5.74) is 12.0. The molecule has 5 heterocycles. The first-order valence-electron chi connectivity index (χ1n) is 16.8. The van der Waals surface area contributed by atoms with Crippen molar-refractivity contribution in [3.8, 4) is 27.9 Å². The fraction of sp³-hybridized carbons (Fsp3) is 0. The second kappa shape index (κ2) is 12.4. The molecule has 8 bridgehead atoms. The normalized spacial score (nSPS) is 12.1. The summed E-state index contributed by atoms with van der Waals surface area (Å²) in [6.07, 6.45) is 5.99. The van der Waals surface area contributed by atoms with Gasteiger partial charge >= 0.3 is 5.97 Å². The van der Waals surface area contributed by atoms with Crippen LogP contribution in [0.4, 0.5) is 0 Å². The zero-order valence-electron chi connectivity index (χ0n) is 27.4. The first-order chi connectivity index (χ1) is 25.1. The van der Waals surface area contributed by atoms with Gasteiger partial charge in [-0.25, -0.2) is 14.8 Å². The molecule has 2 N–H and O–H groups in total. The molecule has 2 aliphatic heterocycles. The highest BCUT2D eigenvalue weighted by molar-refractivity contribution is 6.14. The van der Waals surface area contributed by atoms with E-state index in [0.717, 1.165) is 67.1 Å². The summed E-state index contributed by atoms with van der Waals surface area (Å²) in [7, 11) is 0. The predicted octanol–water partition coefficient (Wildman–Crippen LogP) is 10.6. The number of aromatic nitrogens is 4. The smallest absolute Gasteiger partial charge is 0.338 e. The number of carboxylic acid groups (broad SMARTS) is 1. The van der Waals surface area contributed by atoms with Crippen molar-refractivity contribution in [1.82, 2.24) is 19.5 Å². The standard InChI is InChI=1S/C45H30N4O2/c50-45(51)42-39-28-35-24-23-33(47-35)25-32-21-22-34(46-32)26-36-27-38(29-13-5-1-6-14-29)43(48-36)41(31-17-9-3-10-18-31)44(40(42)30-15-7-2-8-16-30)49(39)37-19-11-4-12-20-37/h1-28,46H,(H,50,51). The number of nitrogens with zero attached hydrogens (tertiary/aromatic N) is 3. The number of carbonyl (C=O) groups is 1. The van der Waals surface area contributed by atoms with Gasteiger partial charge in [0.25, 0.3) is 0 Å². The molecule has 6 nitrogen and oxygen atoms in total. The van der Waals surface area contributed by atoms with Gasteiger partial charge in [0.1, 0.15) is 0 Å². The van der Waals surface area contributed by atoms with Crippen LogP contribution >= 0.6 is 0 Å². The predicted molar refractivity (Wildman–Crippen MR) is 206 cm³/mol. The van der Waals surface area contributed by atoms with Crippen molar-refractivity contribution in [2.75, 3.05) is 0 Å². The summed E-state index contributed by atoms with van der Waals surface area (Å²) >= 11 is 0. The SMILES string of the molecule is O=C(O)c1c(-c2ccccc2)c2c(-c3ccccc3)c3nc(cc4ccc(cc5nc(cc1n2-c1ccccc1)C=C5)[nH]4)C=C3c1ccccc1. The van der Waals surface area contributed by atoms with E-state index >= 15 is 0 Å². The number of hydrogen-bond acceptors (Lipinski definition) is 3. The summed E-state index contributed by atoms with van der Waals surface area (Å²) < 4.78 is 2.07. The van der Waals surface area contributed by atoms with Crippen LogP contribution in [-0.4, -0.2) is 30.6 Å². The van der Waals surface area contributed by atoms with Gasteiger partial charge in [0.15, 0.2) is 0 Å². The van der Waals surface area contributed by atoms with Crippen molar-refractivity contribution >= 4 is 51.8 Å². The average molecular weight is 659 g/mol. The largest absolute Gasteiger partial charge is 0.478 e. The average Bonchev–Trinajstić information content (AvgIpc) is 3.97. The van der Waals surface area contributed by atoms with Crippen LogP contribution in [-0.2, 0) is 0 Å². The van der Waals surface area contributed by atoms with Crippen LogP contribution in [0.5, 0.6) is 0 Å². The summed E-state index contributed by atoms with van der Waals surface area (Å²) in [6.45, 7) is 0. The fourth-order valence-electron chi connectivity index (χ4n) is 7.05. The Morgan fingerprint density at radius 3 is 1.71 bits per heavy atom. The Morgan fingerprint density at radius 1 is 0.569 bits per heavy atom. The number of aromatic amines is 1. The van der Waals surface area contributed by atoms with Crippen LogP contribution in [0.3, 0.4) is 0 Å². The third kappa shape index (κ3) is 5.45. The van der Waals surface area contributed by atoms with Crippen LogP contribution in [0, 0.1) is 0 Å². The van der Waals surface area contributed by atoms with Gasteiger partial charge in [-0.2, -0.15) is 0 Å². The van der Waals surface area contributed by atoms with Crippen LogP contribution < -0.4 is 0 Å². The highest BCUT2D eigenvalue weighted by Crippen LogP contribution is 2.45. The Morgan fingerprint density at radius 2 is 1.10 bits per heavy atom. The Hall–Kier alpha value is -7.05. The first kappa shape index (κ1) is 30.0. The minimum absolute atomic E-state index is 0.180. The van der Waals surface area contributed by atoms with E-state index in [1.54, 1.807) is 0 Å². The van der Waals surface area contributed by atoms with E-state index in [2.05, 4.69) is 39.9 Å². The van der Waals surface area contributed by atoms with E-state index in [-0.39, 0.29) is 5.56 Å². The molecule has 0 radical (unpaired) electrons. The van der Waals surface area contributed by atoms with Crippen LogP contribution in [0.2, 0.25) is 0 Å². The van der Waals surface area contributed by atoms with Gasteiger partial charge in [0.05, 0.1) is 39.4 Å². The molecule has 2 aliphatic rings. The Balaban J connectivity index is 1.61. The molecule has 0 amide bonds. The van der Waals surface area contributed by atoms with Gasteiger partial charge in [0, 0.05) is 33.4 Å². The van der Waals surface area contributed by atoms with Crippen LogP contribution in [0.25, 0.3) is 73.8 Å². The summed E-state index contributed by atoms with van der Waals surface area (Å²) in [5.74, 6) is -1.04. The van der Waals surface area contributed by atoms with Gasteiger partial charge in [-0.1, -0.05) is 109 Å². The number of rotatable bonds is 5. The molecule has 4 aromatic carbocycles. The van der Waals surface area contributed by atoms with E-state index in [4.69, 9.17) is 9.97 Å². The Kier molecular flexibility index (Phi) is 7.33. The molecule has 0 unspecified atom stereocenters. The number of aromatic carboxylic acids is 1. The second-order valence-corrected chi connectivity index (χ2v) is 12.5. The molecular weight excluding hydrogens is 629 g/mol. The summed E-state index contributed by atoms with van der Waals surface area (Å²) in [6, 6.07) is 50.1. The molecule has 0 spiro atoms. The monoisotopic (exact) mass is 658 g/mol. The zero-order valence-corrected chi connectivity index (χ0v) is 27.4. The van der Waals surface area contributed by atoms with Crippen LogP contribution in [0.1, 0.15) is 38.7 Å². The minimum atomic E-state index is -1.04. The van der Waals surface area contributed by atoms with Gasteiger partial charge in [0.2, 0.25) is 0 Å². The van der Waals surface area contributed by atoms with Crippen molar-refractivity contribution < 1.29 is 9.90 Å². The number of hydrogen-bond donors (Lipinski definition) is 2. The second-order valence-electron chi connectivity index (χ2n) is 12.5. The molecule has 9 rings (SSSR count). The molecule has 0 fully saturated rings. The lowest BCUT2D eigenvalue weighted by Gasteiger charge is -2.15. The molecule has 6 heteroatoms. The molecule has 3 aromatic heterocycles. The molecule has 242 valence electrons. The van der Waals surface area contributed by atoms with Crippen molar-refractivity contribution in [3.05, 3.63) is 186 Å². The number of benzene rings is 4. The lowest BCUT2D eigenvalue weighted by Crippen LogP contribution is -1.99. The molecule has 0 atom stereocenters. The molecule has 0 saturated carbocycles. The maximum absolute atomic E-state index is 13.7. The number of fused-ring (bicyclic) bond motifs is 8. The molecular formula is C45H30N4O2. The van der Waals surface area contributed by atoms with Crippen molar-refractivity contribution in [2.24, 2.45) is 0 Å². The van der Waals surface area contributed by atoms with Crippen molar-refractivity contribution in [2.45, 2.75) is 0 Å². The third-order valence-electron chi connectivity index (χ3n) is 9.21. The van der Waals surface area contributed by atoms with Crippen LogP contribution in [0.15, 0.2) is 152 Å². The maximum atomic E-state index is 13.7. The highest BCUT2D eigenvalue weighted by Gasteiger charge is 2.29. The Labute approximate surface area is 294 Å². The van der Waals surface area contributed by atoms with Crippen molar-refractivity contribution in [3.63, 3.8) is 0 Å². The lowest BCUT2D eigenvalue weighted by molar-refractivity contribution is 0.0700. The van der Waals surface area contributed by atoms with Gasteiger partial charge in [-0.05, 0) is 77.4 Å². The Bertz CT molecular complexity index is 2690. The summed E-state index contributed by atoms with van der Waals surface area (Å²) in [5, 5.41) is 11.2. The first-order valence-corrected chi connectivity index (χ1v) is 16.8. The quantitative estimate of drug-likeness (QED) is 0.193. The van der Waals surface area contributed by atoms with E-state index in [1.807, 2.05) is 140 Å². The van der Waals surface area contributed by atoms with Crippen molar-refractivity contribution in [1.29, 1.82) is 0 Å². The highest BCUT2D eigenvalue weighted by atomic mass is 16.4. The minimum Gasteiger partial charge on any atom is -0.478 e. The van der Waals surface area contributed by atoms with Gasteiger partial charge in [-0.15, -0.1) is 0 Å². The van der Waals surface area contributed by atoms with E-state index < -0.39 is 5.97 Å². The van der Waals surface area contributed by atoms with Gasteiger partial charge < -0.3 is 14.7 Å². The molecule has 51 heavy (non-hydrogen) atoms. The van der Waals surface area contributed by atoms with E-state index in [1.165, 1.54) is 0 Å².